The summed E-state index contributed by atoms with van der Waals surface area (Å²) in [4.78, 5) is 32.4. The van der Waals surface area contributed by atoms with Crippen LogP contribution in [0.2, 0.25) is 0 Å². The highest BCUT2D eigenvalue weighted by atomic mass is 79.9. The topological polar surface area (TPSA) is 79.1 Å². The molecule has 0 N–H and O–H groups in total. The average Bonchev–Trinajstić information content (AvgIpc) is 3.42. The summed E-state index contributed by atoms with van der Waals surface area (Å²) >= 11 is 6.23. The second-order valence-electron chi connectivity index (χ2n) is 7.05. The lowest BCUT2D eigenvalue weighted by molar-refractivity contribution is -0.139. The third-order valence-corrected chi connectivity index (χ3v) is 7.65. The van der Waals surface area contributed by atoms with E-state index in [1.165, 1.54) is 22.7 Å². The Balaban J connectivity index is 1.94. The number of fused-ring (bicyclic) bond motifs is 1. The van der Waals surface area contributed by atoms with Gasteiger partial charge in [0, 0.05) is 16.5 Å². The van der Waals surface area contributed by atoms with Crippen LogP contribution in [0.4, 0.5) is 0 Å². The predicted molar refractivity (Wildman–Crippen MR) is 132 cm³/mol. The van der Waals surface area contributed by atoms with Crippen molar-refractivity contribution in [1.82, 2.24) is 4.57 Å². The number of rotatable bonds is 6. The fourth-order valence-corrected chi connectivity index (χ4v) is 6.03. The molecule has 1 atom stereocenters. The molecule has 0 saturated carbocycles. The van der Waals surface area contributed by atoms with E-state index in [9.17, 15) is 9.59 Å². The van der Waals surface area contributed by atoms with Crippen molar-refractivity contribution in [3.63, 3.8) is 0 Å². The molecule has 0 radical (unpaired) electrons. The SMILES string of the molecule is CCOC(=O)C1=C(C)N=c2s/c(=C\c3cc(Br)c(OC)cc3OC)c(=O)n2C1c1cccs1. The summed E-state index contributed by atoms with van der Waals surface area (Å²) in [5, 5.41) is 1.92. The second-order valence-corrected chi connectivity index (χ2v) is 9.89. The van der Waals surface area contributed by atoms with Crippen LogP contribution in [-0.2, 0) is 9.53 Å². The van der Waals surface area contributed by atoms with Crippen molar-refractivity contribution in [2.24, 2.45) is 4.99 Å². The number of carbonyl (C=O) groups excluding carboxylic acids is 1. The van der Waals surface area contributed by atoms with Gasteiger partial charge in [-0.2, -0.15) is 0 Å². The molecule has 2 aromatic heterocycles. The van der Waals surface area contributed by atoms with Crippen LogP contribution in [0.1, 0.15) is 30.3 Å². The van der Waals surface area contributed by atoms with Crippen LogP contribution in [0.3, 0.4) is 0 Å². The average molecular weight is 549 g/mol. The van der Waals surface area contributed by atoms with Crippen molar-refractivity contribution < 1.29 is 19.0 Å². The highest BCUT2D eigenvalue weighted by molar-refractivity contribution is 9.10. The Morgan fingerprint density at radius 1 is 1.27 bits per heavy atom. The van der Waals surface area contributed by atoms with E-state index < -0.39 is 12.0 Å². The lowest BCUT2D eigenvalue weighted by atomic mass is 10.0. The number of nitrogens with zero attached hydrogens (tertiary/aromatic N) is 2. The van der Waals surface area contributed by atoms with Crippen LogP contribution in [0.15, 0.2) is 55.2 Å². The molecule has 0 bridgehead atoms. The number of methoxy groups -OCH3 is 2. The fourth-order valence-electron chi connectivity index (χ4n) is 3.64. The number of hydrogen-bond donors (Lipinski definition) is 0. The number of carbonyl (C=O) groups is 1. The largest absolute Gasteiger partial charge is 0.496 e. The number of ether oxygens (including phenoxy) is 3. The minimum atomic E-state index is -0.591. The van der Waals surface area contributed by atoms with E-state index in [-0.39, 0.29) is 12.2 Å². The van der Waals surface area contributed by atoms with Crippen molar-refractivity contribution in [3.8, 4) is 11.5 Å². The molecule has 3 aromatic rings. The molecule has 4 rings (SSSR count). The van der Waals surface area contributed by atoms with Gasteiger partial charge in [-0.15, -0.1) is 11.3 Å². The molecule has 33 heavy (non-hydrogen) atoms. The molecule has 1 unspecified atom stereocenters. The van der Waals surface area contributed by atoms with Gasteiger partial charge in [0.15, 0.2) is 4.80 Å². The van der Waals surface area contributed by atoms with Gasteiger partial charge >= 0.3 is 5.97 Å². The van der Waals surface area contributed by atoms with Gasteiger partial charge in [0.1, 0.15) is 17.5 Å². The van der Waals surface area contributed by atoms with Crippen LogP contribution < -0.4 is 24.4 Å². The monoisotopic (exact) mass is 548 g/mol. The zero-order chi connectivity index (χ0) is 23.7. The van der Waals surface area contributed by atoms with Gasteiger partial charge in [-0.25, -0.2) is 9.79 Å². The Morgan fingerprint density at radius 3 is 2.67 bits per heavy atom. The minimum Gasteiger partial charge on any atom is -0.496 e. The maximum absolute atomic E-state index is 13.6. The van der Waals surface area contributed by atoms with Gasteiger partial charge in [0.05, 0.1) is 41.1 Å². The van der Waals surface area contributed by atoms with E-state index in [1.54, 1.807) is 44.8 Å². The maximum atomic E-state index is 13.6. The molecular formula is C23H21BrN2O5S2. The van der Waals surface area contributed by atoms with Gasteiger partial charge in [-0.3, -0.25) is 9.36 Å². The first kappa shape index (κ1) is 23.5. The lowest BCUT2D eigenvalue weighted by Crippen LogP contribution is -2.39. The third-order valence-electron chi connectivity index (χ3n) is 5.12. The predicted octanol–water partition coefficient (Wildman–Crippen LogP) is 3.64. The Bertz CT molecular complexity index is 1420. The summed E-state index contributed by atoms with van der Waals surface area (Å²) < 4.78 is 18.9. The molecule has 1 aliphatic heterocycles. The second kappa shape index (κ2) is 9.66. The van der Waals surface area contributed by atoms with Crippen LogP contribution in [-0.4, -0.2) is 31.4 Å². The van der Waals surface area contributed by atoms with Gasteiger partial charge in [-0.05, 0) is 53.4 Å². The summed E-state index contributed by atoms with van der Waals surface area (Å²) in [7, 11) is 3.14. The summed E-state index contributed by atoms with van der Waals surface area (Å²) in [6.45, 7) is 3.76. The molecule has 0 fully saturated rings. The number of aromatic nitrogens is 1. The van der Waals surface area contributed by atoms with Crippen molar-refractivity contribution in [3.05, 3.63) is 75.5 Å². The van der Waals surface area contributed by atoms with Gasteiger partial charge in [-0.1, -0.05) is 17.4 Å². The van der Waals surface area contributed by atoms with Crippen molar-refractivity contribution in [2.45, 2.75) is 19.9 Å². The first-order chi connectivity index (χ1) is 15.9. The number of benzene rings is 1. The molecule has 3 heterocycles. The third kappa shape index (κ3) is 4.30. The first-order valence-corrected chi connectivity index (χ1v) is 12.5. The quantitative estimate of drug-likeness (QED) is 0.439. The van der Waals surface area contributed by atoms with Crippen molar-refractivity contribution in [2.75, 3.05) is 20.8 Å². The van der Waals surface area contributed by atoms with Gasteiger partial charge in [0.25, 0.3) is 5.56 Å². The van der Waals surface area contributed by atoms with Crippen molar-refractivity contribution in [1.29, 1.82) is 0 Å². The van der Waals surface area contributed by atoms with E-state index in [0.29, 0.717) is 37.7 Å². The summed E-state index contributed by atoms with van der Waals surface area (Å²) in [5.41, 5.74) is 1.40. The highest BCUT2D eigenvalue weighted by Crippen LogP contribution is 2.34. The Kier molecular flexibility index (Phi) is 6.87. The number of thiophene rings is 1. The molecular weight excluding hydrogens is 528 g/mol. The molecule has 1 aliphatic rings. The molecule has 10 heteroatoms. The van der Waals surface area contributed by atoms with Crippen molar-refractivity contribution >= 4 is 50.6 Å². The number of esters is 1. The van der Waals surface area contributed by atoms with Crippen LogP contribution in [0.5, 0.6) is 11.5 Å². The van der Waals surface area contributed by atoms with Crippen LogP contribution in [0, 0.1) is 0 Å². The van der Waals surface area contributed by atoms with Gasteiger partial charge < -0.3 is 14.2 Å². The summed E-state index contributed by atoms with van der Waals surface area (Å²) in [6, 6.07) is 6.81. The smallest absolute Gasteiger partial charge is 0.338 e. The first-order valence-electron chi connectivity index (χ1n) is 10.0. The van der Waals surface area contributed by atoms with E-state index in [0.717, 1.165) is 9.35 Å². The number of halogens is 1. The molecule has 7 nitrogen and oxygen atoms in total. The fraction of sp³-hybridized carbons (Fsp3) is 0.261. The van der Waals surface area contributed by atoms with E-state index in [2.05, 4.69) is 20.9 Å². The highest BCUT2D eigenvalue weighted by Gasteiger charge is 2.33. The number of hydrogen-bond acceptors (Lipinski definition) is 8. The molecule has 0 amide bonds. The van der Waals surface area contributed by atoms with Gasteiger partial charge in [0.2, 0.25) is 0 Å². The number of thiazole rings is 1. The Hall–Kier alpha value is -2.69. The maximum Gasteiger partial charge on any atom is 0.338 e. The zero-order valence-electron chi connectivity index (χ0n) is 18.4. The Labute approximate surface area is 206 Å². The van der Waals surface area contributed by atoms with Crippen LogP contribution >= 0.6 is 38.6 Å². The van der Waals surface area contributed by atoms with E-state index in [1.807, 2.05) is 23.6 Å². The van der Waals surface area contributed by atoms with Crippen LogP contribution in [0.25, 0.3) is 6.08 Å². The minimum absolute atomic E-state index is 0.236. The summed E-state index contributed by atoms with van der Waals surface area (Å²) in [6.07, 6.45) is 1.77. The molecule has 0 saturated heterocycles. The summed E-state index contributed by atoms with van der Waals surface area (Å²) in [5.74, 6) is 0.726. The standard InChI is InChI=1S/C23H21BrN2O5S2/c1-5-31-22(28)19-12(2)25-23-26(20(19)17-7-6-8-32-17)21(27)18(33-23)10-13-9-14(24)16(30-4)11-15(13)29-3/h6-11,20H,5H2,1-4H3/b18-10-. The number of allylic oxidation sites excluding steroid dienone is 1. The molecule has 1 aromatic carbocycles. The Morgan fingerprint density at radius 2 is 2.03 bits per heavy atom. The lowest BCUT2D eigenvalue weighted by Gasteiger charge is -2.23. The normalized spacial score (nSPS) is 15.8. The zero-order valence-corrected chi connectivity index (χ0v) is 21.6. The van der Waals surface area contributed by atoms with E-state index in [4.69, 9.17) is 14.2 Å². The molecule has 0 aliphatic carbocycles. The molecule has 172 valence electrons. The molecule has 0 spiro atoms. The van der Waals surface area contributed by atoms with E-state index >= 15 is 0 Å².